The zero-order chi connectivity index (χ0) is 24.3. The molecule has 1 unspecified atom stereocenters. The second kappa shape index (κ2) is 12.8. The van der Waals surface area contributed by atoms with Crippen LogP contribution >= 0.6 is 0 Å². The van der Waals surface area contributed by atoms with Crippen molar-refractivity contribution >= 4 is 17.7 Å². The summed E-state index contributed by atoms with van der Waals surface area (Å²) in [5.41, 5.74) is 0.691. The van der Waals surface area contributed by atoms with E-state index in [0.29, 0.717) is 24.2 Å². The first-order valence-corrected chi connectivity index (χ1v) is 11.4. The Morgan fingerprint density at radius 3 is 2.24 bits per heavy atom. The molecule has 1 heterocycles. The quantitative estimate of drug-likeness (QED) is 0.264. The molecule has 1 aliphatic rings. The van der Waals surface area contributed by atoms with Gasteiger partial charge in [0, 0.05) is 6.61 Å². The maximum atomic E-state index is 13.0. The molecule has 0 N–H and O–H groups in total. The molecule has 1 saturated heterocycles. The maximum absolute atomic E-state index is 13.0. The standard InChI is InChI=1S/C27H30O7/c1-3-5-17-31-25-23(28)21(12-4-2)33-24(25)22(34-27(30)20-15-10-7-11-16-20)18-32-26(29)19-13-8-6-9-14-19/h4,6-11,13-16,21-22,24-25H,2-3,5,12,17-18H2,1H3/t21-,22?,24+,25+/m0/s1. The van der Waals surface area contributed by atoms with Gasteiger partial charge >= 0.3 is 11.9 Å². The highest BCUT2D eigenvalue weighted by atomic mass is 16.6. The number of hydrogen-bond donors (Lipinski definition) is 0. The fourth-order valence-corrected chi connectivity index (χ4v) is 3.60. The van der Waals surface area contributed by atoms with E-state index in [2.05, 4.69) is 6.58 Å². The van der Waals surface area contributed by atoms with E-state index in [4.69, 9.17) is 18.9 Å². The molecule has 0 radical (unpaired) electrons. The molecule has 2 aromatic rings. The summed E-state index contributed by atoms with van der Waals surface area (Å²) in [6.45, 7) is 5.76. The van der Waals surface area contributed by atoms with Crippen LogP contribution in [0, 0.1) is 0 Å². The smallest absolute Gasteiger partial charge is 0.338 e. The second-order valence-electron chi connectivity index (χ2n) is 7.94. The van der Waals surface area contributed by atoms with Crippen LogP contribution < -0.4 is 0 Å². The topological polar surface area (TPSA) is 88.1 Å². The molecule has 0 aromatic heterocycles. The number of benzene rings is 2. The number of unbranched alkanes of at least 4 members (excludes halogenated alkanes) is 1. The number of ketones is 1. The van der Waals surface area contributed by atoms with Gasteiger partial charge in [0.2, 0.25) is 0 Å². The summed E-state index contributed by atoms with van der Waals surface area (Å²) in [4.78, 5) is 38.3. The molecule has 1 fully saturated rings. The van der Waals surface area contributed by atoms with Gasteiger partial charge in [0.05, 0.1) is 11.1 Å². The average Bonchev–Trinajstić information content (AvgIpc) is 3.18. The van der Waals surface area contributed by atoms with E-state index >= 15 is 0 Å². The number of Topliss-reactive ketones (excluding diaryl/α,β-unsaturated/α-hetero) is 1. The van der Waals surface area contributed by atoms with E-state index in [1.807, 2.05) is 6.92 Å². The molecule has 180 valence electrons. The number of carbonyl (C=O) groups excluding carboxylic acids is 3. The first kappa shape index (κ1) is 25.3. The zero-order valence-electron chi connectivity index (χ0n) is 19.3. The van der Waals surface area contributed by atoms with Crippen LogP contribution in [-0.2, 0) is 23.7 Å². The van der Waals surface area contributed by atoms with Crippen LogP contribution in [0.1, 0.15) is 46.9 Å². The Hall–Kier alpha value is -3.29. The zero-order valence-corrected chi connectivity index (χ0v) is 19.3. The van der Waals surface area contributed by atoms with Crippen LogP contribution in [0.15, 0.2) is 73.3 Å². The lowest BCUT2D eigenvalue weighted by Crippen LogP contribution is -2.44. The Labute approximate surface area is 199 Å². The lowest BCUT2D eigenvalue weighted by Gasteiger charge is -2.27. The van der Waals surface area contributed by atoms with E-state index < -0.39 is 36.4 Å². The molecule has 4 atom stereocenters. The molecule has 34 heavy (non-hydrogen) atoms. The summed E-state index contributed by atoms with van der Waals surface area (Å²) < 4.78 is 23.0. The van der Waals surface area contributed by atoms with Crippen LogP contribution in [0.25, 0.3) is 0 Å². The van der Waals surface area contributed by atoms with Crippen molar-refractivity contribution in [2.24, 2.45) is 0 Å². The molecule has 0 bridgehead atoms. The van der Waals surface area contributed by atoms with E-state index in [1.54, 1.807) is 66.7 Å². The third kappa shape index (κ3) is 6.62. The number of rotatable bonds is 12. The third-order valence-corrected chi connectivity index (χ3v) is 5.42. The highest BCUT2D eigenvalue weighted by Gasteiger charge is 2.49. The van der Waals surface area contributed by atoms with Gasteiger partial charge in [-0.05, 0) is 37.1 Å². The van der Waals surface area contributed by atoms with Gasteiger partial charge in [0.15, 0.2) is 11.9 Å². The monoisotopic (exact) mass is 466 g/mol. The van der Waals surface area contributed by atoms with Crippen LogP contribution in [0.4, 0.5) is 0 Å². The minimum Gasteiger partial charge on any atom is -0.458 e. The second-order valence-corrected chi connectivity index (χ2v) is 7.94. The molecule has 2 aromatic carbocycles. The summed E-state index contributed by atoms with van der Waals surface area (Å²) in [5, 5.41) is 0. The maximum Gasteiger partial charge on any atom is 0.338 e. The predicted molar refractivity (Wildman–Crippen MR) is 126 cm³/mol. The van der Waals surface area contributed by atoms with Crippen molar-refractivity contribution in [2.45, 2.75) is 50.6 Å². The van der Waals surface area contributed by atoms with Crippen LogP contribution in [0.5, 0.6) is 0 Å². The van der Waals surface area contributed by atoms with Crippen molar-refractivity contribution in [3.8, 4) is 0 Å². The van der Waals surface area contributed by atoms with Gasteiger partial charge in [0.25, 0.3) is 0 Å². The van der Waals surface area contributed by atoms with Gasteiger partial charge in [-0.3, -0.25) is 4.79 Å². The van der Waals surface area contributed by atoms with Crippen LogP contribution in [0.2, 0.25) is 0 Å². The van der Waals surface area contributed by atoms with E-state index in [1.165, 1.54) is 0 Å². The van der Waals surface area contributed by atoms with Gasteiger partial charge in [-0.25, -0.2) is 9.59 Å². The number of esters is 2. The summed E-state index contributed by atoms with van der Waals surface area (Å²) in [7, 11) is 0. The molecule has 1 aliphatic heterocycles. The molecule has 3 rings (SSSR count). The minimum absolute atomic E-state index is 0.240. The van der Waals surface area contributed by atoms with Crippen LogP contribution in [-0.4, -0.2) is 55.4 Å². The molecule has 0 amide bonds. The van der Waals surface area contributed by atoms with Crippen molar-refractivity contribution < 1.29 is 33.3 Å². The van der Waals surface area contributed by atoms with Gasteiger partial charge in [0.1, 0.15) is 24.9 Å². The number of ether oxygens (including phenoxy) is 4. The fourth-order valence-electron chi connectivity index (χ4n) is 3.60. The minimum atomic E-state index is -1.05. The van der Waals surface area contributed by atoms with Crippen molar-refractivity contribution in [3.63, 3.8) is 0 Å². The van der Waals surface area contributed by atoms with Crippen molar-refractivity contribution in [2.75, 3.05) is 13.2 Å². The first-order chi connectivity index (χ1) is 16.5. The molecule has 7 nitrogen and oxygen atoms in total. The Balaban J connectivity index is 1.81. The van der Waals surface area contributed by atoms with E-state index in [9.17, 15) is 14.4 Å². The summed E-state index contributed by atoms with van der Waals surface area (Å²) in [6, 6.07) is 16.9. The Bertz CT molecular complexity index is 957. The fraction of sp³-hybridized carbons (Fsp3) is 0.370. The summed E-state index contributed by atoms with van der Waals surface area (Å²) in [5.74, 6) is -1.43. The largest absolute Gasteiger partial charge is 0.458 e. The third-order valence-electron chi connectivity index (χ3n) is 5.42. The SMILES string of the molecule is C=CC[C@@H]1O[C@H](C(COC(=O)c2ccccc2)OC(=O)c2ccccc2)[C@H](OCCCC)C1=O. The average molecular weight is 467 g/mol. The summed E-state index contributed by atoms with van der Waals surface area (Å²) >= 11 is 0. The van der Waals surface area contributed by atoms with Crippen LogP contribution in [0.3, 0.4) is 0 Å². The Kier molecular flexibility index (Phi) is 9.55. The molecular formula is C27H30O7. The first-order valence-electron chi connectivity index (χ1n) is 11.4. The lowest BCUT2D eigenvalue weighted by atomic mass is 10.0. The normalized spacial score (nSPS) is 20.5. The molecule has 7 heteroatoms. The number of carbonyl (C=O) groups is 3. The summed E-state index contributed by atoms with van der Waals surface area (Å²) in [6.07, 6.45) is -0.140. The number of hydrogen-bond acceptors (Lipinski definition) is 7. The van der Waals surface area contributed by atoms with Gasteiger partial charge in [-0.2, -0.15) is 0 Å². The van der Waals surface area contributed by atoms with Gasteiger partial charge < -0.3 is 18.9 Å². The lowest BCUT2D eigenvalue weighted by molar-refractivity contribution is -0.130. The Morgan fingerprint density at radius 1 is 1.03 bits per heavy atom. The molecule has 0 aliphatic carbocycles. The van der Waals surface area contributed by atoms with Gasteiger partial charge in [-0.15, -0.1) is 6.58 Å². The van der Waals surface area contributed by atoms with E-state index in [0.717, 1.165) is 12.8 Å². The molecular weight excluding hydrogens is 436 g/mol. The van der Waals surface area contributed by atoms with Gasteiger partial charge in [-0.1, -0.05) is 55.8 Å². The highest BCUT2D eigenvalue weighted by Crippen LogP contribution is 2.28. The molecule has 0 spiro atoms. The Morgan fingerprint density at radius 2 is 1.65 bits per heavy atom. The van der Waals surface area contributed by atoms with E-state index in [-0.39, 0.29) is 12.4 Å². The highest BCUT2D eigenvalue weighted by molar-refractivity contribution is 5.91. The molecule has 0 saturated carbocycles. The predicted octanol–water partition coefficient (Wildman–Crippen LogP) is 4.17. The van der Waals surface area contributed by atoms with Crippen molar-refractivity contribution in [1.82, 2.24) is 0 Å². The van der Waals surface area contributed by atoms with Crippen molar-refractivity contribution in [3.05, 3.63) is 84.4 Å². The van der Waals surface area contributed by atoms with Crippen molar-refractivity contribution in [1.29, 1.82) is 0 Å².